The minimum atomic E-state index is 0.250. The molecule has 0 unspecified atom stereocenters. The molecular formula is C24H33N3O2. The molecule has 0 spiro atoms. The molecule has 2 heterocycles. The number of hydrogen-bond donors (Lipinski definition) is 3. The number of carbonyl (C=O) groups excluding carboxylic acids is 2. The number of primary amides is 1. The van der Waals surface area contributed by atoms with Gasteiger partial charge in [-0.25, -0.2) is 0 Å². The van der Waals surface area contributed by atoms with Crippen molar-refractivity contribution in [2.45, 2.75) is 46.5 Å². The van der Waals surface area contributed by atoms with Crippen molar-refractivity contribution in [1.29, 1.82) is 0 Å². The molecule has 3 aromatic rings. The zero-order chi connectivity index (χ0) is 21.5. The van der Waals surface area contributed by atoms with Crippen molar-refractivity contribution in [3.05, 3.63) is 65.4 Å². The lowest BCUT2D eigenvalue weighted by molar-refractivity contribution is -0.108. The van der Waals surface area contributed by atoms with E-state index in [1.54, 1.807) is 0 Å². The maximum absolute atomic E-state index is 10.2. The molecule has 0 atom stereocenters. The van der Waals surface area contributed by atoms with E-state index in [4.69, 9.17) is 4.79 Å². The van der Waals surface area contributed by atoms with Crippen molar-refractivity contribution in [2.24, 2.45) is 5.73 Å². The Morgan fingerprint density at radius 2 is 1.83 bits per heavy atom. The molecule has 0 saturated carbocycles. The summed E-state index contributed by atoms with van der Waals surface area (Å²) in [7, 11) is 0. The quantitative estimate of drug-likeness (QED) is 0.558. The average Bonchev–Trinajstić information content (AvgIpc) is 3.18. The molecule has 4 N–H and O–H groups in total. The van der Waals surface area contributed by atoms with Gasteiger partial charge in [-0.05, 0) is 49.4 Å². The number of benzene rings is 2. The molecule has 5 nitrogen and oxygen atoms in total. The van der Waals surface area contributed by atoms with Crippen molar-refractivity contribution in [3.63, 3.8) is 0 Å². The van der Waals surface area contributed by atoms with Gasteiger partial charge in [-0.2, -0.15) is 0 Å². The number of hydrogen-bond acceptors (Lipinski definition) is 3. The molecule has 4 rings (SSSR count). The molecule has 156 valence electrons. The van der Waals surface area contributed by atoms with Crippen LogP contribution in [0.15, 0.2) is 48.7 Å². The van der Waals surface area contributed by atoms with Crippen LogP contribution < -0.4 is 11.1 Å². The highest BCUT2D eigenvalue weighted by Gasteiger charge is 2.06. The molecule has 1 aromatic heterocycles. The van der Waals surface area contributed by atoms with Crippen LogP contribution in [0.1, 0.15) is 43.4 Å². The summed E-state index contributed by atoms with van der Waals surface area (Å²) in [5.41, 5.74) is 10.7. The van der Waals surface area contributed by atoms with E-state index in [0.717, 1.165) is 24.8 Å². The minimum absolute atomic E-state index is 0.250. The topological polar surface area (TPSA) is 88.0 Å². The Hall–Kier alpha value is -3.08. The van der Waals surface area contributed by atoms with Gasteiger partial charge < -0.3 is 20.8 Å². The van der Waals surface area contributed by atoms with E-state index in [0.29, 0.717) is 6.42 Å². The smallest absolute Gasteiger partial charge is 0.204 e. The molecule has 29 heavy (non-hydrogen) atoms. The standard InChI is InChI=1S/C11H11NO.C10H13N.C2H6.CH3NO/c13-7-3-4-9-8-12-11-6-2-1-5-10(9)11;1-8-4-5-10-9(7-8)3-2-6-11-10;1-2;2-1-3/h1-2,5-8,12H,3-4H2;4-5,7,11H,2-3,6H2,1H3;1-2H3;1H,(H2,2,3). The van der Waals surface area contributed by atoms with Crippen molar-refractivity contribution in [2.75, 3.05) is 11.9 Å². The van der Waals surface area contributed by atoms with Gasteiger partial charge in [0.25, 0.3) is 0 Å². The highest BCUT2D eigenvalue weighted by atomic mass is 16.1. The van der Waals surface area contributed by atoms with E-state index < -0.39 is 0 Å². The second kappa shape index (κ2) is 14.0. The molecule has 1 aliphatic rings. The summed E-state index contributed by atoms with van der Waals surface area (Å²) in [5, 5.41) is 4.62. The predicted octanol–water partition coefficient (Wildman–Crippen LogP) is 4.78. The first-order valence-corrected chi connectivity index (χ1v) is 10.2. The van der Waals surface area contributed by atoms with Gasteiger partial charge in [-0.3, -0.25) is 4.79 Å². The van der Waals surface area contributed by atoms with Crippen molar-refractivity contribution >= 4 is 29.3 Å². The van der Waals surface area contributed by atoms with E-state index in [1.807, 2.05) is 38.2 Å². The lowest BCUT2D eigenvalue weighted by atomic mass is 10.0. The number of rotatable bonds is 3. The lowest BCUT2D eigenvalue weighted by Gasteiger charge is -2.17. The minimum Gasteiger partial charge on any atom is -0.385 e. The summed E-state index contributed by atoms with van der Waals surface area (Å²) >= 11 is 0. The van der Waals surface area contributed by atoms with Gasteiger partial charge in [0.05, 0.1) is 0 Å². The van der Waals surface area contributed by atoms with E-state index in [-0.39, 0.29) is 6.41 Å². The van der Waals surface area contributed by atoms with Crippen LogP contribution in [-0.2, 0) is 22.4 Å². The van der Waals surface area contributed by atoms with Crippen LogP contribution in [0.2, 0.25) is 0 Å². The van der Waals surface area contributed by atoms with Crippen LogP contribution in [0.5, 0.6) is 0 Å². The summed E-state index contributed by atoms with van der Waals surface area (Å²) < 4.78 is 0. The number of anilines is 1. The zero-order valence-electron chi connectivity index (χ0n) is 17.7. The van der Waals surface area contributed by atoms with Crippen molar-refractivity contribution in [1.82, 2.24) is 4.98 Å². The summed E-state index contributed by atoms with van der Waals surface area (Å²) in [4.78, 5) is 22.0. The highest BCUT2D eigenvalue weighted by Crippen LogP contribution is 2.22. The first-order chi connectivity index (χ1) is 14.2. The second-order valence-corrected chi connectivity index (χ2v) is 6.39. The maximum Gasteiger partial charge on any atom is 0.204 e. The van der Waals surface area contributed by atoms with E-state index in [1.165, 1.54) is 40.6 Å². The number of aromatic amines is 1. The highest BCUT2D eigenvalue weighted by molar-refractivity contribution is 5.83. The van der Waals surface area contributed by atoms with Gasteiger partial charge >= 0.3 is 0 Å². The SMILES string of the molecule is CC.Cc1ccc2c(c1)CCCN2.NC=O.O=CCCc1c[nH]c2ccccc12. The van der Waals surface area contributed by atoms with Gasteiger partial charge in [0.15, 0.2) is 0 Å². The number of aldehydes is 1. The fourth-order valence-electron chi connectivity index (χ4n) is 3.16. The third kappa shape index (κ3) is 7.82. The maximum atomic E-state index is 10.2. The lowest BCUT2D eigenvalue weighted by Crippen LogP contribution is -2.11. The molecule has 2 aromatic carbocycles. The fraction of sp³-hybridized carbons (Fsp3) is 0.333. The Morgan fingerprint density at radius 1 is 1.10 bits per heavy atom. The van der Waals surface area contributed by atoms with Crippen LogP contribution in [0.25, 0.3) is 10.9 Å². The van der Waals surface area contributed by atoms with Gasteiger partial charge in [0.2, 0.25) is 6.41 Å². The number of aromatic nitrogens is 1. The largest absolute Gasteiger partial charge is 0.385 e. The van der Waals surface area contributed by atoms with Crippen LogP contribution >= 0.6 is 0 Å². The fourth-order valence-corrected chi connectivity index (χ4v) is 3.16. The molecule has 0 saturated heterocycles. The number of H-pyrrole nitrogens is 1. The Labute approximate surface area is 173 Å². The first kappa shape index (κ1) is 24.0. The Balaban J connectivity index is 0.000000240. The van der Waals surface area contributed by atoms with E-state index in [9.17, 15) is 4.79 Å². The molecule has 5 heteroatoms. The number of amides is 1. The molecule has 0 fully saturated rings. The monoisotopic (exact) mass is 395 g/mol. The van der Waals surface area contributed by atoms with Gasteiger partial charge in [-0.15, -0.1) is 0 Å². The third-order valence-electron chi connectivity index (χ3n) is 4.41. The molecule has 0 radical (unpaired) electrons. The van der Waals surface area contributed by atoms with Crippen LogP contribution in [-0.4, -0.2) is 24.2 Å². The van der Waals surface area contributed by atoms with E-state index >= 15 is 0 Å². The number of para-hydroxylation sites is 1. The molecule has 0 bridgehead atoms. The summed E-state index contributed by atoms with van der Waals surface area (Å²) in [6, 6.07) is 14.8. The number of carbonyl (C=O) groups is 2. The zero-order valence-corrected chi connectivity index (χ0v) is 17.7. The number of nitrogens with one attached hydrogen (secondary N) is 2. The van der Waals surface area contributed by atoms with Crippen LogP contribution in [0, 0.1) is 6.92 Å². The number of nitrogens with two attached hydrogens (primary N) is 1. The Morgan fingerprint density at radius 3 is 2.55 bits per heavy atom. The Kier molecular flexibility index (Phi) is 11.6. The molecular weight excluding hydrogens is 362 g/mol. The second-order valence-electron chi connectivity index (χ2n) is 6.39. The summed E-state index contributed by atoms with van der Waals surface area (Å²) in [6.07, 6.45) is 7.13. The van der Waals surface area contributed by atoms with Crippen LogP contribution in [0.3, 0.4) is 0 Å². The Bertz CT molecular complexity index is 871. The predicted molar refractivity (Wildman–Crippen MR) is 122 cm³/mol. The third-order valence-corrected chi connectivity index (χ3v) is 4.41. The van der Waals surface area contributed by atoms with Gasteiger partial charge in [-0.1, -0.05) is 49.7 Å². The van der Waals surface area contributed by atoms with Crippen molar-refractivity contribution < 1.29 is 9.59 Å². The number of fused-ring (bicyclic) bond motifs is 2. The van der Waals surface area contributed by atoms with Crippen molar-refractivity contribution in [3.8, 4) is 0 Å². The number of aryl methyl sites for hydroxylation is 3. The average molecular weight is 396 g/mol. The molecule has 1 aliphatic heterocycles. The first-order valence-electron chi connectivity index (χ1n) is 10.2. The summed E-state index contributed by atoms with van der Waals surface area (Å²) in [6.45, 7) is 7.28. The normalized spacial score (nSPS) is 11.1. The van der Waals surface area contributed by atoms with Gasteiger partial charge in [0, 0.05) is 35.8 Å². The van der Waals surface area contributed by atoms with E-state index in [2.05, 4.69) is 47.2 Å². The molecule has 1 amide bonds. The summed E-state index contributed by atoms with van der Waals surface area (Å²) in [5.74, 6) is 0. The van der Waals surface area contributed by atoms with Gasteiger partial charge in [0.1, 0.15) is 6.29 Å². The van der Waals surface area contributed by atoms with Crippen LogP contribution in [0.4, 0.5) is 5.69 Å². The molecule has 0 aliphatic carbocycles.